The standard InChI is InChI=1S/C34H46N14O24P4/c1-12-41-27-17(29(52)42-12)40-10-47(27)31-20(50)19(49)13(67-31)5-64-73(54,55)70-23-15(69-33(24(23)63-4)46-9-39-16-25(35)37-8-38-26(16)46)7-66-75(58,59)72-76(60,61)71-74(56,57)65-6-14-22(62-3)21(51)32(68-14)48-11-45(2)18-28(48)43-34(36)44-30(18)53/h8-11,13-15,19-24,31-33,49-51H,5-7H2,1-4H3,(H9-,35,36,37,38,41,42,43,44,52,53,54,55,56,57,58,59,60,61)/p+1/t13-,14-,15-,19+,20?,21?,22+,23+,24?,31-,32-,33-/m1/s1. The van der Waals surface area contributed by atoms with Crippen molar-refractivity contribution < 1.29 is 108 Å². The number of rotatable bonds is 20. The van der Waals surface area contributed by atoms with Crippen molar-refractivity contribution in [2.24, 2.45) is 7.05 Å². The van der Waals surface area contributed by atoms with Crippen LogP contribution in [0.4, 0.5) is 11.8 Å². The summed E-state index contributed by atoms with van der Waals surface area (Å²) >= 11 is 0. The van der Waals surface area contributed by atoms with E-state index in [0.717, 1.165) is 37.8 Å². The smallest absolute Gasteiger partial charge is 0.387 e. The van der Waals surface area contributed by atoms with Gasteiger partial charge in [0.25, 0.3) is 17.1 Å². The van der Waals surface area contributed by atoms with Gasteiger partial charge in [0.1, 0.15) is 72.6 Å². The minimum absolute atomic E-state index is 0.0206. The molecule has 6 aromatic rings. The van der Waals surface area contributed by atoms with Crippen LogP contribution in [0.25, 0.3) is 33.5 Å². The molecule has 9 rings (SSSR count). The molecule has 13 N–H and O–H groups in total. The molecule has 3 aliphatic heterocycles. The molecule has 0 radical (unpaired) electrons. The number of fused-ring (bicyclic) bond motifs is 3. The van der Waals surface area contributed by atoms with Gasteiger partial charge in [-0.1, -0.05) is 4.98 Å². The number of imidazole rings is 3. The Kier molecular flexibility index (Phi) is 15.4. The second-order valence-corrected chi connectivity index (χ2v) is 22.9. The monoisotopic (exact) mass is 1160 g/mol. The van der Waals surface area contributed by atoms with E-state index in [1.54, 1.807) is 0 Å². The van der Waals surface area contributed by atoms with Crippen LogP contribution < -0.4 is 27.2 Å². The molecule has 0 amide bonds. The Bertz CT molecular complexity index is 3490. The van der Waals surface area contributed by atoms with Crippen LogP contribution >= 0.6 is 31.3 Å². The van der Waals surface area contributed by atoms with Crippen LogP contribution in [0.2, 0.25) is 0 Å². The average Bonchev–Trinajstić information content (AvgIpc) is 4.18. The molecule has 38 nitrogen and oxygen atoms in total. The number of nitrogens with two attached hydrogens (primary N) is 2. The summed E-state index contributed by atoms with van der Waals surface area (Å²) in [5, 5.41) is 32.9. The number of aromatic nitrogens is 12. The van der Waals surface area contributed by atoms with Gasteiger partial charge in [-0.05, 0) is 6.92 Å². The molecule has 0 aromatic carbocycles. The van der Waals surface area contributed by atoms with E-state index in [-0.39, 0.29) is 51.1 Å². The minimum atomic E-state index is -6.17. The third-order valence-electron chi connectivity index (χ3n) is 11.9. The van der Waals surface area contributed by atoms with E-state index in [1.807, 2.05) is 0 Å². The molecule has 9 heterocycles. The number of nitrogens with one attached hydrogen (secondary N) is 2. The van der Waals surface area contributed by atoms with Crippen molar-refractivity contribution in [3.8, 4) is 0 Å². The fourth-order valence-corrected chi connectivity index (χ4v) is 13.1. The fraction of sp³-hybridized carbons (Fsp3) is 0.559. The normalized spacial score (nSPS) is 30.2. The molecule has 0 aliphatic carbocycles. The predicted molar refractivity (Wildman–Crippen MR) is 244 cm³/mol. The van der Waals surface area contributed by atoms with E-state index < -0.39 is 136 Å². The van der Waals surface area contributed by atoms with Crippen molar-refractivity contribution in [3.05, 3.63) is 51.8 Å². The molecule has 0 saturated carbocycles. The summed E-state index contributed by atoms with van der Waals surface area (Å²) in [5.41, 5.74) is 10.3. The molecule has 16 atom stereocenters. The largest absolute Gasteiger partial charge is 0.490 e. The molecule has 0 spiro atoms. The van der Waals surface area contributed by atoms with Gasteiger partial charge in [-0.3, -0.25) is 46.4 Å². The van der Waals surface area contributed by atoms with Crippen molar-refractivity contribution >= 4 is 76.5 Å². The summed E-state index contributed by atoms with van der Waals surface area (Å²) in [7, 11) is -19.6. The van der Waals surface area contributed by atoms with Crippen LogP contribution in [-0.4, -0.2) is 177 Å². The predicted octanol–water partition coefficient (Wildman–Crippen LogP) is -3.33. The Balaban J connectivity index is 0.866. The molecule has 3 aliphatic rings. The number of hydrogen-bond acceptors (Lipinski definition) is 28. The second kappa shape index (κ2) is 21.0. The maximum Gasteiger partial charge on any atom is 0.490 e. The summed E-state index contributed by atoms with van der Waals surface area (Å²) < 4.78 is 115. The van der Waals surface area contributed by atoms with Crippen molar-refractivity contribution in [3.63, 3.8) is 0 Å². The molecule has 6 aromatic heterocycles. The number of phosphoric acid groups is 4. The molecule has 3 saturated heterocycles. The van der Waals surface area contributed by atoms with Crippen molar-refractivity contribution in [2.45, 2.75) is 80.5 Å². The lowest BCUT2D eigenvalue weighted by molar-refractivity contribution is -0.745. The quantitative estimate of drug-likeness (QED) is 0.0263. The Morgan fingerprint density at radius 3 is 1.93 bits per heavy atom. The molecule has 3 fully saturated rings. The van der Waals surface area contributed by atoms with Gasteiger partial charge in [0, 0.05) is 14.2 Å². The molecule has 0 bridgehead atoms. The summed E-state index contributed by atoms with van der Waals surface area (Å²) in [6.45, 7) is -1.72. The number of aliphatic hydroxyl groups excluding tert-OH is 3. The lowest BCUT2D eigenvalue weighted by Gasteiger charge is -2.26. The second-order valence-electron chi connectivity index (χ2n) is 16.9. The first-order chi connectivity index (χ1) is 35.7. The lowest BCUT2D eigenvalue weighted by atomic mass is 10.1. The number of ether oxygens (including phenoxy) is 5. The molecule has 416 valence electrons. The highest BCUT2D eigenvalue weighted by atomic mass is 31.3. The zero-order chi connectivity index (χ0) is 55.0. The Morgan fingerprint density at radius 2 is 1.28 bits per heavy atom. The third kappa shape index (κ3) is 11.1. The average molecular weight is 1160 g/mol. The van der Waals surface area contributed by atoms with E-state index >= 15 is 0 Å². The number of hydrogen-bond donors (Lipinski definition) is 11. The molecular weight excluding hydrogens is 1110 g/mol. The van der Waals surface area contributed by atoms with Crippen LogP contribution in [-0.2, 0) is 75.7 Å². The Morgan fingerprint density at radius 1 is 0.684 bits per heavy atom. The first kappa shape index (κ1) is 55.8. The van der Waals surface area contributed by atoms with Crippen LogP contribution in [0.1, 0.15) is 24.5 Å². The first-order valence-electron chi connectivity index (χ1n) is 21.8. The van der Waals surface area contributed by atoms with E-state index in [4.69, 9.17) is 53.2 Å². The number of nitrogen functional groups attached to an aromatic ring is 2. The van der Waals surface area contributed by atoms with E-state index in [0.29, 0.717) is 0 Å². The number of phosphoric ester groups is 3. The highest BCUT2D eigenvalue weighted by molar-refractivity contribution is 7.66. The van der Waals surface area contributed by atoms with Gasteiger partial charge in [-0.2, -0.15) is 8.62 Å². The van der Waals surface area contributed by atoms with E-state index in [9.17, 15) is 62.7 Å². The van der Waals surface area contributed by atoms with Gasteiger partial charge < -0.3 is 75.0 Å². The highest BCUT2D eigenvalue weighted by Gasteiger charge is 2.54. The lowest BCUT2D eigenvalue weighted by Crippen LogP contribution is -2.46. The minimum Gasteiger partial charge on any atom is -0.387 e. The molecule has 7 unspecified atom stereocenters. The maximum absolute atomic E-state index is 13.7. The summed E-state index contributed by atoms with van der Waals surface area (Å²) in [5.74, 6) is -0.164. The van der Waals surface area contributed by atoms with Crippen molar-refractivity contribution in [1.29, 1.82) is 0 Å². The van der Waals surface area contributed by atoms with Gasteiger partial charge >= 0.3 is 36.9 Å². The topological polar surface area (TPSA) is 525 Å². The third-order valence-corrected chi connectivity index (χ3v) is 17.1. The summed E-state index contributed by atoms with van der Waals surface area (Å²) in [4.78, 5) is 96.7. The zero-order valence-corrected chi connectivity index (χ0v) is 42.9. The van der Waals surface area contributed by atoms with Crippen LogP contribution in [0.3, 0.4) is 0 Å². The summed E-state index contributed by atoms with van der Waals surface area (Å²) in [6, 6.07) is 0. The van der Waals surface area contributed by atoms with E-state index in [2.05, 4.69) is 48.5 Å². The molecule has 76 heavy (non-hydrogen) atoms. The maximum atomic E-state index is 13.7. The van der Waals surface area contributed by atoms with Crippen molar-refractivity contribution in [2.75, 3.05) is 45.5 Å². The van der Waals surface area contributed by atoms with Gasteiger partial charge in [0.05, 0.1) is 39.5 Å². The van der Waals surface area contributed by atoms with Crippen molar-refractivity contribution in [1.82, 2.24) is 53.6 Å². The van der Waals surface area contributed by atoms with Gasteiger partial charge in [-0.25, -0.2) is 47.7 Å². The van der Waals surface area contributed by atoms with Crippen LogP contribution in [0.15, 0.2) is 34.9 Å². The van der Waals surface area contributed by atoms with Crippen LogP contribution in [0, 0.1) is 6.92 Å². The SMILES string of the molecule is COC1[C@@H](OP(=O)(O)OC[C@H]2O[C@@H](n3cnc4c(=O)[nH]c(C)nc43)C(O)[C@H]2O)[C@@H](COP(=O)(O)OP(=O)(O)OP(=O)(O)OC[C@H]2O[C@@H]([n+]3cn(C)c4c(=O)[nH]c(N)nc43)C(O)[C@H]2OC)O[C@H]1n1cnc2c(N)ncnc21. The summed E-state index contributed by atoms with van der Waals surface area (Å²) in [6.07, 6.45) is -14.2. The Labute approximate surface area is 422 Å². The number of nitrogens with zero attached hydrogens (tertiary/aromatic N) is 10. The zero-order valence-electron chi connectivity index (χ0n) is 39.3. The number of aromatic amines is 2. The highest BCUT2D eigenvalue weighted by Crippen LogP contribution is 2.68. The fourth-order valence-electron chi connectivity index (χ4n) is 8.66. The van der Waals surface area contributed by atoms with E-state index in [1.165, 1.54) is 34.0 Å². The van der Waals surface area contributed by atoms with Gasteiger partial charge in [0.2, 0.25) is 11.7 Å². The number of aliphatic hydroxyl groups is 3. The van der Waals surface area contributed by atoms with Crippen LogP contribution in [0.5, 0.6) is 0 Å². The molecular formula is C34H47N14O24P4+. The number of methoxy groups -OCH3 is 2. The number of anilines is 2. The van der Waals surface area contributed by atoms with Gasteiger partial charge in [-0.15, -0.1) is 0 Å². The number of H-pyrrole nitrogens is 2. The first-order valence-corrected chi connectivity index (χ1v) is 27.7. The van der Waals surface area contributed by atoms with Gasteiger partial charge in [0.15, 0.2) is 41.4 Å². The number of aryl methyl sites for hydroxylation is 2. The Hall–Kier alpha value is -4.95. The molecule has 42 heteroatoms.